The Hall–Kier alpha value is -1.87. The Morgan fingerprint density at radius 2 is 2.24 bits per heavy atom. The van der Waals surface area contributed by atoms with Gasteiger partial charge in [-0.2, -0.15) is 5.26 Å². The highest BCUT2D eigenvalue weighted by atomic mass is 32.2. The van der Waals surface area contributed by atoms with Crippen LogP contribution in [0.15, 0.2) is 29.7 Å². The van der Waals surface area contributed by atoms with E-state index in [1.165, 1.54) is 18.2 Å². The summed E-state index contributed by atoms with van der Waals surface area (Å²) in [6.07, 6.45) is 1.49. The summed E-state index contributed by atoms with van der Waals surface area (Å²) in [5, 5.41) is 12.8. The molecule has 2 rings (SSSR count). The molecule has 4 nitrogen and oxygen atoms in total. The van der Waals surface area contributed by atoms with Gasteiger partial charge < -0.3 is 5.32 Å². The second kappa shape index (κ2) is 4.18. The van der Waals surface area contributed by atoms with Crippen LogP contribution in [0.3, 0.4) is 0 Å². The molecule has 1 aromatic rings. The molecule has 0 bridgehead atoms. The minimum atomic E-state index is -3.16. The van der Waals surface area contributed by atoms with Gasteiger partial charge in [-0.1, -0.05) is 12.1 Å². The van der Waals surface area contributed by atoms with Gasteiger partial charge in [0, 0.05) is 5.41 Å². The van der Waals surface area contributed by atoms with Crippen LogP contribution in [0.5, 0.6) is 0 Å². The third-order valence-electron chi connectivity index (χ3n) is 2.40. The van der Waals surface area contributed by atoms with Crippen LogP contribution in [0.1, 0.15) is 5.56 Å². The Kier molecular flexibility index (Phi) is 2.86. The standard InChI is InChI=1S/C11H9FN2O2S/c12-10-2-1-3-11(9(10)6-13)14-8-4-5-17(15,16)7-8/h1-5,8,14H,7H2. The molecule has 1 atom stereocenters. The minimum Gasteiger partial charge on any atom is -0.377 e. The first kappa shape index (κ1) is 11.6. The molecular weight excluding hydrogens is 243 g/mol. The van der Waals surface area contributed by atoms with Crippen LogP contribution in [0.4, 0.5) is 10.1 Å². The number of hydrogen-bond acceptors (Lipinski definition) is 4. The van der Waals surface area contributed by atoms with Gasteiger partial charge in [0.15, 0.2) is 9.84 Å². The van der Waals surface area contributed by atoms with Gasteiger partial charge in [0.25, 0.3) is 0 Å². The smallest absolute Gasteiger partial charge is 0.173 e. The second-order valence-electron chi connectivity index (χ2n) is 3.68. The average Bonchev–Trinajstić information content (AvgIpc) is 2.58. The van der Waals surface area contributed by atoms with E-state index in [1.54, 1.807) is 12.1 Å². The maximum absolute atomic E-state index is 13.3. The van der Waals surface area contributed by atoms with Gasteiger partial charge in [0.1, 0.15) is 17.4 Å². The minimum absolute atomic E-state index is 0.0750. The van der Waals surface area contributed by atoms with E-state index in [4.69, 9.17) is 5.26 Å². The Morgan fingerprint density at radius 1 is 1.47 bits per heavy atom. The number of nitriles is 1. The zero-order valence-electron chi connectivity index (χ0n) is 8.72. The predicted molar refractivity (Wildman–Crippen MR) is 61.5 cm³/mol. The molecule has 0 aliphatic carbocycles. The van der Waals surface area contributed by atoms with E-state index in [9.17, 15) is 12.8 Å². The molecule has 1 heterocycles. The molecule has 88 valence electrons. The largest absolute Gasteiger partial charge is 0.377 e. The molecule has 0 spiro atoms. The highest BCUT2D eigenvalue weighted by molar-refractivity contribution is 7.94. The molecule has 6 heteroatoms. The number of benzene rings is 1. The van der Waals surface area contributed by atoms with Crippen LogP contribution in [-0.2, 0) is 9.84 Å². The first-order chi connectivity index (χ1) is 8.02. The van der Waals surface area contributed by atoms with Crippen LogP contribution in [0.2, 0.25) is 0 Å². The van der Waals surface area contributed by atoms with Crippen molar-refractivity contribution in [2.45, 2.75) is 6.04 Å². The zero-order valence-corrected chi connectivity index (χ0v) is 9.54. The summed E-state index contributed by atoms with van der Waals surface area (Å²) in [6, 6.07) is 5.52. The van der Waals surface area contributed by atoms with E-state index < -0.39 is 21.7 Å². The number of nitrogens with zero attached hydrogens (tertiary/aromatic N) is 1. The molecule has 0 aromatic heterocycles. The topological polar surface area (TPSA) is 70.0 Å². The average molecular weight is 252 g/mol. The lowest BCUT2D eigenvalue weighted by molar-refractivity contribution is 0.605. The molecule has 0 saturated carbocycles. The summed E-state index contributed by atoms with van der Waals surface area (Å²) in [6.45, 7) is 0. The molecular formula is C11H9FN2O2S. The van der Waals surface area contributed by atoms with Gasteiger partial charge in [-0.05, 0) is 12.1 Å². The Morgan fingerprint density at radius 3 is 2.82 bits per heavy atom. The van der Waals surface area contributed by atoms with Gasteiger partial charge in [0.05, 0.1) is 17.5 Å². The lowest BCUT2D eigenvalue weighted by Gasteiger charge is -2.12. The van der Waals surface area contributed by atoms with Crippen LogP contribution in [0.25, 0.3) is 0 Å². The molecule has 0 saturated heterocycles. The van der Waals surface area contributed by atoms with E-state index in [0.29, 0.717) is 5.69 Å². The van der Waals surface area contributed by atoms with Gasteiger partial charge >= 0.3 is 0 Å². The maximum Gasteiger partial charge on any atom is 0.173 e. The zero-order chi connectivity index (χ0) is 12.5. The van der Waals surface area contributed by atoms with Gasteiger partial charge in [-0.15, -0.1) is 0 Å². The maximum atomic E-state index is 13.3. The number of nitrogens with one attached hydrogen (secondary N) is 1. The number of hydrogen-bond donors (Lipinski definition) is 1. The molecule has 1 N–H and O–H groups in total. The van der Waals surface area contributed by atoms with E-state index in [-0.39, 0.29) is 11.3 Å². The quantitative estimate of drug-likeness (QED) is 0.864. The molecule has 17 heavy (non-hydrogen) atoms. The lowest BCUT2D eigenvalue weighted by Crippen LogP contribution is -2.21. The van der Waals surface area contributed by atoms with E-state index in [0.717, 1.165) is 5.41 Å². The van der Waals surface area contributed by atoms with Crippen molar-refractivity contribution in [3.05, 3.63) is 41.1 Å². The van der Waals surface area contributed by atoms with Crippen molar-refractivity contribution in [2.24, 2.45) is 0 Å². The summed E-state index contributed by atoms with van der Waals surface area (Å²) in [4.78, 5) is 0. The van der Waals surface area contributed by atoms with E-state index in [2.05, 4.69) is 5.32 Å². The number of halogens is 1. The Labute approximate surface area is 98.3 Å². The third-order valence-corrected chi connectivity index (χ3v) is 3.79. The fourth-order valence-electron chi connectivity index (χ4n) is 1.62. The first-order valence-corrected chi connectivity index (χ1v) is 6.59. The van der Waals surface area contributed by atoms with Crippen molar-refractivity contribution in [3.63, 3.8) is 0 Å². The van der Waals surface area contributed by atoms with Crippen molar-refractivity contribution in [3.8, 4) is 6.07 Å². The van der Waals surface area contributed by atoms with E-state index >= 15 is 0 Å². The van der Waals surface area contributed by atoms with Crippen LogP contribution < -0.4 is 5.32 Å². The predicted octanol–water partition coefficient (Wildman–Crippen LogP) is 1.42. The molecule has 1 unspecified atom stereocenters. The summed E-state index contributed by atoms with van der Waals surface area (Å²) in [5.74, 6) is -0.698. The molecule has 1 aliphatic heterocycles. The highest BCUT2D eigenvalue weighted by Gasteiger charge is 2.22. The van der Waals surface area contributed by atoms with Gasteiger partial charge in [-0.25, -0.2) is 12.8 Å². The van der Waals surface area contributed by atoms with Gasteiger partial charge in [0.2, 0.25) is 0 Å². The molecule has 0 radical (unpaired) electrons. The van der Waals surface area contributed by atoms with E-state index in [1.807, 2.05) is 0 Å². The SMILES string of the molecule is N#Cc1c(F)cccc1NC1C=CS(=O)(=O)C1. The van der Waals surface area contributed by atoms with Crippen molar-refractivity contribution >= 4 is 15.5 Å². The van der Waals surface area contributed by atoms with Crippen molar-refractivity contribution in [1.82, 2.24) is 0 Å². The summed E-state index contributed by atoms with van der Waals surface area (Å²) >= 11 is 0. The summed E-state index contributed by atoms with van der Waals surface area (Å²) in [7, 11) is -3.16. The Bertz CT molecular complexity index is 617. The summed E-state index contributed by atoms with van der Waals surface area (Å²) < 4.78 is 35.7. The van der Waals surface area contributed by atoms with Crippen LogP contribution >= 0.6 is 0 Å². The second-order valence-corrected chi connectivity index (χ2v) is 5.61. The number of sulfone groups is 1. The molecule has 0 fully saturated rings. The highest BCUT2D eigenvalue weighted by Crippen LogP contribution is 2.21. The number of anilines is 1. The monoisotopic (exact) mass is 252 g/mol. The van der Waals surface area contributed by atoms with Gasteiger partial charge in [-0.3, -0.25) is 0 Å². The Balaban J connectivity index is 2.24. The summed E-state index contributed by atoms with van der Waals surface area (Å²) in [5.41, 5.74) is 0.199. The first-order valence-electron chi connectivity index (χ1n) is 4.88. The normalized spacial score (nSPS) is 21.1. The molecule has 0 amide bonds. The van der Waals surface area contributed by atoms with Crippen LogP contribution in [-0.4, -0.2) is 20.2 Å². The lowest BCUT2D eigenvalue weighted by atomic mass is 10.1. The van der Waals surface area contributed by atoms with Crippen molar-refractivity contribution in [1.29, 1.82) is 5.26 Å². The van der Waals surface area contributed by atoms with Crippen molar-refractivity contribution in [2.75, 3.05) is 11.1 Å². The fourth-order valence-corrected chi connectivity index (χ4v) is 2.86. The number of rotatable bonds is 2. The molecule has 1 aliphatic rings. The van der Waals surface area contributed by atoms with Crippen LogP contribution in [0, 0.1) is 17.1 Å². The van der Waals surface area contributed by atoms with Crippen molar-refractivity contribution < 1.29 is 12.8 Å². The third kappa shape index (κ3) is 2.45. The fraction of sp³-hybridized carbons (Fsp3) is 0.182. The molecule has 1 aromatic carbocycles.